The number of likely N-dealkylation sites (tertiary alicyclic amines) is 1. The fourth-order valence-electron chi connectivity index (χ4n) is 4.15. The Hall–Kier alpha value is -2.12. The largest absolute Gasteiger partial charge is 0.480 e. The Labute approximate surface area is 167 Å². The lowest BCUT2D eigenvalue weighted by molar-refractivity contribution is -0.139. The van der Waals surface area contributed by atoms with Crippen molar-refractivity contribution in [3.8, 4) is 0 Å². The normalized spacial score (nSPS) is 22.1. The lowest BCUT2D eigenvalue weighted by Crippen LogP contribution is -2.56. The van der Waals surface area contributed by atoms with E-state index in [1.807, 2.05) is 17.9 Å². The third kappa shape index (κ3) is 5.69. The third-order valence-electron chi connectivity index (χ3n) is 5.86. The highest BCUT2D eigenvalue weighted by molar-refractivity contribution is 5.74. The van der Waals surface area contributed by atoms with Crippen LogP contribution in [-0.4, -0.2) is 65.2 Å². The summed E-state index contributed by atoms with van der Waals surface area (Å²) in [6.07, 6.45) is 4.15. The Morgan fingerprint density at radius 3 is 2.50 bits per heavy atom. The minimum Gasteiger partial charge on any atom is -0.480 e. The molecule has 1 aromatic carbocycles. The first-order chi connectivity index (χ1) is 13.5. The van der Waals surface area contributed by atoms with Gasteiger partial charge in [-0.2, -0.15) is 0 Å². The molecule has 0 spiro atoms. The zero-order valence-corrected chi connectivity index (χ0v) is 16.7. The van der Waals surface area contributed by atoms with E-state index >= 15 is 0 Å². The third-order valence-corrected chi connectivity index (χ3v) is 5.86. The Bertz CT molecular complexity index is 669. The summed E-state index contributed by atoms with van der Waals surface area (Å²) < 4.78 is 0. The van der Waals surface area contributed by atoms with Gasteiger partial charge < -0.3 is 15.7 Å². The molecule has 0 radical (unpaired) electrons. The molecule has 7 nitrogen and oxygen atoms in total. The fraction of sp³-hybridized carbons (Fsp3) is 0.619. The van der Waals surface area contributed by atoms with E-state index in [-0.39, 0.29) is 24.7 Å². The number of amides is 2. The molecule has 3 N–H and O–H groups in total. The number of carbonyl (C=O) groups excluding carboxylic acids is 1. The summed E-state index contributed by atoms with van der Waals surface area (Å²) in [6, 6.07) is 8.50. The standard InChI is InChI=1S/C21H32N4O3/c1-2-25(15-20(26)27)19-11-18(12-19)23-21(28)22-13-16-7-3-4-8-17(16)14-24-9-5-6-10-24/h3-4,7-8,18-19H,2,5-6,9-15H2,1H3,(H,26,27)(H2,22,23,28). The average molecular weight is 389 g/mol. The van der Waals surface area contributed by atoms with Gasteiger partial charge in [-0.15, -0.1) is 0 Å². The molecule has 1 aliphatic carbocycles. The number of rotatable bonds is 9. The van der Waals surface area contributed by atoms with Crippen LogP contribution in [0.15, 0.2) is 24.3 Å². The summed E-state index contributed by atoms with van der Waals surface area (Å²) in [5, 5.41) is 14.9. The van der Waals surface area contributed by atoms with Crippen molar-refractivity contribution in [1.82, 2.24) is 20.4 Å². The first kappa shape index (κ1) is 20.6. The summed E-state index contributed by atoms with van der Waals surface area (Å²) in [5.41, 5.74) is 2.44. The van der Waals surface area contributed by atoms with Crippen molar-refractivity contribution in [2.75, 3.05) is 26.2 Å². The van der Waals surface area contributed by atoms with E-state index < -0.39 is 5.97 Å². The zero-order valence-electron chi connectivity index (χ0n) is 16.7. The number of hydrogen-bond donors (Lipinski definition) is 3. The number of hydrogen-bond acceptors (Lipinski definition) is 4. The smallest absolute Gasteiger partial charge is 0.317 e. The fourth-order valence-corrected chi connectivity index (χ4v) is 4.15. The number of benzene rings is 1. The Kier molecular flexibility index (Phi) is 7.28. The SMILES string of the molecule is CCN(CC(=O)O)C1CC(NC(=O)NCc2ccccc2CN2CCCC2)C1. The van der Waals surface area contributed by atoms with Crippen LogP contribution in [0.1, 0.15) is 43.7 Å². The highest BCUT2D eigenvalue weighted by Crippen LogP contribution is 2.25. The van der Waals surface area contributed by atoms with E-state index in [0.717, 1.165) is 38.0 Å². The molecule has 1 saturated carbocycles. The topological polar surface area (TPSA) is 84.9 Å². The predicted octanol–water partition coefficient (Wildman–Crippen LogP) is 2.02. The summed E-state index contributed by atoms with van der Waals surface area (Å²) in [5.74, 6) is -0.802. The molecule has 0 aromatic heterocycles. The van der Waals surface area contributed by atoms with Gasteiger partial charge in [0.2, 0.25) is 0 Å². The van der Waals surface area contributed by atoms with Crippen molar-refractivity contribution in [2.24, 2.45) is 0 Å². The number of carbonyl (C=O) groups is 2. The van der Waals surface area contributed by atoms with Crippen molar-refractivity contribution < 1.29 is 14.7 Å². The average Bonchev–Trinajstić information content (AvgIpc) is 3.15. The second kappa shape index (κ2) is 9.89. The molecule has 154 valence electrons. The van der Waals surface area contributed by atoms with Gasteiger partial charge in [-0.25, -0.2) is 4.79 Å². The van der Waals surface area contributed by atoms with E-state index in [1.54, 1.807) is 0 Å². The number of nitrogens with zero attached hydrogens (tertiary/aromatic N) is 2. The molecule has 1 heterocycles. The lowest BCUT2D eigenvalue weighted by Gasteiger charge is -2.42. The van der Waals surface area contributed by atoms with Crippen LogP contribution >= 0.6 is 0 Å². The van der Waals surface area contributed by atoms with Crippen molar-refractivity contribution in [3.63, 3.8) is 0 Å². The Morgan fingerprint density at radius 1 is 1.18 bits per heavy atom. The molecular weight excluding hydrogens is 356 g/mol. The molecule has 0 atom stereocenters. The monoisotopic (exact) mass is 388 g/mol. The number of carboxylic acid groups (broad SMARTS) is 1. The van der Waals surface area contributed by atoms with Crippen LogP contribution < -0.4 is 10.6 Å². The van der Waals surface area contributed by atoms with Crippen LogP contribution in [0, 0.1) is 0 Å². The Morgan fingerprint density at radius 2 is 1.86 bits per heavy atom. The lowest BCUT2D eigenvalue weighted by atomic mass is 9.85. The minimum atomic E-state index is -0.802. The quantitative estimate of drug-likeness (QED) is 0.603. The maximum atomic E-state index is 12.3. The van der Waals surface area contributed by atoms with Gasteiger partial charge in [0.25, 0.3) is 0 Å². The molecule has 2 amide bonds. The van der Waals surface area contributed by atoms with E-state index in [9.17, 15) is 9.59 Å². The second-order valence-corrected chi connectivity index (χ2v) is 7.86. The molecule has 2 fully saturated rings. The maximum Gasteiger partial charge on any atom is 0.317 e. The van der Waals surface area contributed by atoms with Gasteiger partial charge >= 0.3 is 12.0 Å². The molecule has 3 rings (SSSR count). The van der Waals surface area contributed by atoms with Crippen molar-refractivity contribution >= 4 is 12.0 Å². The van der Waals surface area contributed by atoms with Crippen LogP contribution in [0.2, 0.25) is 0 Å². The van der Waals surface area contributed by atoms with Crippen molar-refractivity contribution in [1.29, 1.82) is 0 Å². The van der Waals surface area contributed by atoms with E-state index in [1.165, 1.54) is 18.4 Å². The molecule has 1 aromatic rings. The molecule has 2 aliphatic rings. The first-order valence-corrected chi connectivity index (χ1v) is 10.3. The van der Waals surface area contributed by atoms with Crippen LogP contribution in [0.5, 0.6) is 0 Å². The van der Waals surface area contributed by atoms with Gasteiger partial charge in [-0.05, 0) is 56.4 Å². The second-order valence-electron chi connectivity index (χ2n) is 7.86. The minimum absolute atomic E-state index is 0.0634. The van der Waals surface area contributed by atoms with Crippen LogP contribution in [0.3, 0.4) is 0 Å². The molecular formula is C21H32N4O3. The van der Waals surface area contributed by atoms with Crippen LogP contribution in [-0.2, 0) is 17.9 Å². The van der Waals surface area contributed by atoms with E-state index in [4.69, 9.17) is 5.11 Å². The number of urea groups is 1. The number of carboxylic acids is 1. The summed E-state index contributed by atoms with van der Waals surface area (Å²) >= 11 is 0. The molecule has 1 aliphatic heterocycles. The summed E-state index contributed by atoms with van der Waals surface area (Å²) in [4.78, 5) is 27.6. The molecule has 7 heteroatoms. The first-order valence-electron chi connectivity index (χ1n) is 10.3. The van der Waals surface area contributed by atoms with Crippen LogP contribution in [0.25, 0.3) is 0 Å². The predicted molar refractivity (Wildman–Crippen MR) is 108 cm³/mol. The molecule has 0 bridgehead atoms. The highest BCUT2D eigenvalue weighted by atomic mass is 16.4. The number of aliphatic carboxylic acids is 1. The summed E-state index contributed by atoms with van der Waals surface area (Å²) in [7, 11) is 0. The Balaban J connectivity index is 1.41. The van der Waals surface area contributed by atoms with Gasteiger partial charge in [0.05, 0.1) is 6.54 Å². The van der Waals surface area contributed by atoms with Crippen molar-refractivity contribution in [3.05, 3.63) is 35.4 Å². The highest BCUT2D eigenvalue weighted by Gasteiger charge is 2.34. The maximum absolute atomic E-state index is 12.3. The van der Waals surface area contributed by atoms with Gasteiger partial charge in [0, 0.05) is 25.2 Å². The van der Waals surface area contributed by atoms with Gasteiger partial charge in [0.1, 0.15) is 0 Å². The van der Waals surface area contributed by atoms with Gasteiger partial charge in [0.15, 0.2) is 0 Å². The van der Waals surface area contributed by atoms with Crippen molar-refractivity contribution in [2.45, 2.75) is 57.8 Å². The van der Waals surface area contributed by atoms with Gasteiger partial charge in [-0.3, -0.25) is 14.6 Å². The molecule has 0 unspecified atom stereocenters. The summed E-state index contributed by atoms with van der Waals surface area (Å²) in [6.45, 7) is 6.52. The van der Waals surface area contributed by atoms with Gasteiger partial charge in [-0.1, -0.05) is 31.2 Å². The van der Waals surface area contributed by atoms with E-state index in [2.05, 4.69) is 33.7 Å². The zero-order chi connectivity index (χ0) is 19.9. The van der Waals surface area contributed by atoms with E-state index in [0.29, 0.717) is 13.1 Å². The number of nitrogens with one attached hydrogen (secondary N) is 2. The molecule has 28 heavy (non-hydrogen) atoms. The number of likely N-dealkylation sites (N-methyl/N-ethyl adjacent to an activating group) is 1. The van der Waals surface area contributed by atoms with Crippen LogP contribution in [0.4, 0.5) is 4.79 Å². The molecule has 1 saturated heterocycles.